The summed E-state index contributed by atoms with van der Waals surface area (Å²) in [5, 5.41) is 0. The molecule has 0 unspecified atom stereocenters. The van der Waals surface area contributed by atoms with Gasteiger partial charge in [0.1, 0.15) is 0 Å². The summed E-state index contributed by atoms with van der Waals surface area (Å²) in [6, 6.07) is 92.4. The predicted octanol–water partition coefficient (Wildman–Crippen LogP) is 16.6. The van der Waals surface area contributed by atoms with E-state index in [2.05, 4.69) is 233 Å². The smallest absolute Gasteiger partial charge is 0.220 e. The number of rotatable bonds is 9. The summed E-state index contributed by atoms with van der Waals surface area (Å²) in [6.45, 7) is 0. The van der Waals surface area contributed by atoms with Gasteiger partial charge in [0.2, 0.25) is 5.78 Å². The van der Waals surface area contributed by atoms with E-state index in [1.807, 2.05) is 36.4 Å². The van der Waals surface area contributed by atoms with Gasteiger partial charge in [-0.25, -0.2) is 15.0 Å². The number of aromatic nitrogens is 5. The molecule has 13 aromatic rings. The Kier molecular flexibility index (Phi) is 10.1. The molecule has 10 aromatic carbocycles. The molecule has 0 aliphatic carbocycles. The fraction of sp³-hybridized carbons (Fsp3) is 0. The third kappa shape index (κ3) is 7.34. The third-order valence-electron chi connectivity index (χ3n) is 13.4. The minimum absolute atomic E-state index is 0.699. The zero-order valence-corrected chi connectivity index (χ0v) is 38.1. The van der Waals surface area contributed by atoms with Gasteiger partial charge in [0, 0.05) is 27.8 Å². The monoisotopic (exact) mass is 893 g/mol. The van der Waals surface area contributed by atoms with E-state index in [0.717, 1.165) is 117 Å². The molecule has 5 heteroatoms. The minimum Gasteiger partial charge on any atom is -0.277 e. The molecular formula is C65H43N5. The highest BCUT2D eigenvalue weighted by molar-refractivity contribution is 6.00. The van der Waals surface area contributed by atoms with Crippen LogP contribution in [0, 0.1) is 0 Å². The van der Waals surface area contributed by atoms with E-state index in [1.54, 1.807) is 0 Å². The highest BCUT2D eigenvalue weighted by Crippen LogP contribution is 2.44. The molecule has 0 radical (unpaired) electrons. The topological polar surface area (TPSA) is 48.0 Å². The van der Waals surface area contributed by atoms with Crippen LogP contribution in [0.4, 0.5) is 0 Å². The SMILES string of the molecule is c1ccc(-c2cc(-c3ccccc3)c(-n3c4ccc(-c5ccccc5)cc4n4c5cc(-c6ccc(-c7cc(-c8ccccc8)nc(-c8ccccc8)n7)cc6)ccc5nc34)c(-c3ccccc3)c2)cc1. The number of hydrogen-bond donors (Lipinski definition) is 0. The molecule has 5 nitrogen and oxygen atoms in total. The summed E-state index contributed by atoms with van der Waals surface area (Å²) in [5.74, 6) is 1.54. The Morgan fingerprint density at radius 3 is 1.20 bits per heavy atom. The van der Waals surface area contributed by atoms with Gasteiger partial charge in [-0.15, -0.1) is 0 Å². The van der Waals surface area contributed by atoms with Gasteiger partial charge in [-0.2, -0.15) is 0 Å². The lowest BCUT2D eigenvalue weighted by Crippen LogP contribution is -2.02. The normalized spacial score (nSPS) is 11.4. The van der Waals surface area contributed by atoms with Gasteiger partial charge in [-0.05, 0) is 87.0 Å². The Morgan fingerprint density at radius 1 is 0.257 bits per heavy atom. The van der Waals surface area contributed by atoms with Gasteiger partial charge in [-0.3, -0.25) is 8.97 Å². The summed E-state index contributed by atoms with van der Waals surface area (Å²) < 4.78 is 4.76. The Hall–Kier alpha value is -9.45. The number of fused-ring (bicyclic) bond motifs is 5. The fourth-order valence-electron chi connectivity index (χ4n) is 9.91. The van der Waals surface area contributed by atoms with Crippen molar-refractivity contribution < 1.29 is 0 Å². The Balaban J connectivity index is 1.02. The second-order valence-corrected chi connectivity index (χ2v) is 17.6. The first-order valence-corrected chi connectivity index (χ1v) is 23.7. The summed E-state index contributed by atoms with van der Waals surface area (Å²) in [6.07, 6.45) is 0. The van der Waals surface area contributed by atoms with Crippen molar-refractivity contribution in [2.45, 2.75) is 0 Å². The van der Waals surface area contributed by atoms with E-state index in [-0.39, 0.29) is 0 Å². The highest BCUT2D eigenvalue weighted by Gasteiger charge is 2.25. The van der Waals surface area contributed by atoms with Gasteiger partial charge < -0.3 is 0 Å². The van der Waals surface area contributed by atoms with Crippen molar-refractivity contribution in [3.8, 4) is 95.2 Å². The first-order chi connectivity index (χ1) is 34.7. The van der Waals surface area contributed by atoms with E-state index in [4.69, 9.17) is 15.0 Å². The van der Waals surface area contributed by atoms with Crippen LogP contribution >= 0.6 is 0 Å². The molecule has 0 N–H and O–H groups in total. The summed E-state index contributed by atoms with van der Waals surface area (Å²) in [7, 11) is 0. The van der Waals surface area contributed by atoms with Crippen molar-refractivity contribution in [3.05, 3.63) is 261 Å². The van der Waals surface area contributed by atoms with Crippen LogP contribution in [0.1, 0.15) is 0 Å². The van der Waals surface area contributed by atoms with Crippen LogP contribution in [0.5, 0.6) is 0 Å². The Morgan fingerprint density at radius 2 is 0.657 bits per heavy atom. The number of imidazole rings is 2. The lowest BCUT2D eigenvalue weighted by molar-refractivity contribution is 1.11. The quantitative estimate of drug-likeness (QED) is 0.145. The molecule has 0 spiro atoms. The summed E-state index contributed by atoms with van der Waals surface area (Å²) in [4.78, 5) is 15.7. The molecule has 0 aliphatic heterocycles. The molecule has 328 valence electrons. The Labute approximate surface area is 406 Å². The van der Waals surface area contributed by atoms with E-state index < -0.39 is 0 Å². The number of nitrogens with zero attached hydrogens (tertiary/aromatic N) is 5. The maximum Gasteiger partial charge on any atom is 0.220 e. The first-order valence-electron chi connectivity index (χ1n) is 23.7. The maximum atomic E-state index is 5.55. The van der Waals surface area contributed by atoms with Crippen LogP contribution in [-0.2, 0) is 0 Å². The van der Waals surface area contributed by atoms with Crippen LogP contribution in [0.3, 0.4) is 0 Å². The Bertz CT molecular complexity index is 3880. The molecule has 0 saturated carbocycles. The molecular weight excluding hydrogens is 851 g/mol. The van der Waals surface area contributed by atoms with Gasteiger partial charge in [0.25, 0.3) is 0 Å². The van der Waals surface area contributed by atoms with E-state index >= 15 is 0 Å². The second-order valence-electron chi connectivity index (χ2n) is 17.6. The number of benzene rings is 10. The molecule has 3 heterocycles. The molecule has 13 rings (SSSR count). The zero-order valence-electron chi connectivity index (χ0n) is 38.1. The van der Waals surface area contributed by atoms with Gasteiger partial charge in [0.15, 0.2) is 5.82 Å². The van der Waals surface area contributed by atoms with Gasteiger partial charge in [-0.1, -0.05) is 218 Å². The van der Waals surface area contributed by atoms with Crippen molar-refractivity contribution >= 4 is 27.8 Å². The average molecular weight is 894 g/mol. The predicted molar refractivity (Wildman–Crippen MR) is 289 cm³/mol. The lowest BCUT2D eigenvalue weighted by atomic mass is 9.90. The molecule has 0 bridgehead atoms. The number of hydrogen-bond acceptors (Lipinski definition) is 3. The van der Waals surface area contributed by atoms with Crippen molar-refractivity contribution in [1.82, 2.24) is 23.9 Å². The average Bonchev–Trinajstić information content (AvgIpc) is 3.98. The summed E-state index contributed by atoms with van der Waals surface area (Å²) in [5.41, 5.74) is 21.3. The summed E-state index contributed by atoms with van der Waals surface area (Å²) >= 11 is 0. The lowest BCUT2D eigenvalue weighted by Gasteiger charge is -2.20. The van der Waals surface area contributed by atoms with Gasteiger partial charge in [0.05, 0.1) is 39.1 Å². The van der Waals surface area contributed by atoms with E-state index in [0.29, 0.717) is 5.82 Å². The second kappa shape index (κ2) is 17.3. The van der Waals surface area contributed by atoms with Crippen LogP contribution in [-0.4, -0.2) is 23.9 Å². The van der Waals surface area contributed by atoms with Crippen molar-refractivity contribution in [2.75, 3.05) is 0 Å². The van der Waals surface area contributed by atoms with Crippen molar-refractivity contribution in [1.29, 1.82) is 0 Å². The van der Waals surface area contributed by atoms with Crippen molar-refractivity contribution in [2.24, 2.45) is 0 Å². The molecule has 0 fully saturated rings. The maximum absolute atomic E-state index is 5.55. The van der Waals surface area contributed by atoms with Crippen LogP contribution < -0.4 is 0 Å². The van der Waals surface area contributed by atoms with E-state index in [1.165, 1.54) is 0 Å². The molecule has 3 aromatic heterocycles. The molecule has 0 aliphatic rings. The first kappa shape index (κ1) is 40.8. The van der Waals surface area contributed by atoms with Crippen molar-refractivity contribution in [3.63, 3.8) is 0 Å². The van der Waals surface area contributed by atoms with Crippen LogP contribution in [0.25, 0.3) is 123 Å². The largest absolute Gasteiger partial charge is 0.277 e. The standard InChI is InChI=1S/C65H43N5/c1-7-19-44(20-8-1)53-36-38-60-62(42-53)69-61-41-52(46-31-33-50(34-32-46)59-43-58(49-27-15-5-16-28-49)66-64(67-59)51-29-17-6-18-30-51)35-37-57(61)68-65(69)70(60)63-55(47-23-11-3-12-24-47)39-54(45-21-9-2-10-22-45)40-56(63)48-25-13-4-14-26-48/h1-43H. The highest BCUT2D eigenvalue weighted by atomic mass is 15.2. The zero-order chi connectivity index (χ0) is 46.4. The van der Waals surface area contributed by atoms with Crippen LogP contribution in [0.15, 0.2) is 261 Å². The third-order valence-corrected chi connectivity index (χ3v) is 13.4. The van der Waals surface area contributed by atoms with E-state index in [9.17, 15) is 0 Å². The molecule has 0 atom stereocenters. The fourth-order valence-corrected chi connectivity index (χ4v) is 9.91. The molecule has 70 heavy (non-hydrogen) atoms. The van der Waals surface area contributed by atoms with Crippen LogP contribution in [0.2, 0.25) is 0 Å². The molecule has 0 amide bonds. The van der Waals surface area contributed by atoms with Gasteiger partial charge >= 0.3 is 0 Å². The minimum atomic E-state index is 0.699. The molecule has 0 saturated heterocycles.